The number of nitrogens with one attached hydrogen (secondary N) is 1. The summed E-state index contributed by atoms with van der Waals surface area (Å²) in [6.07, 6.45) is 0.584. The van der Waals surface area contributed by atoms with E-state index in [1.165, 1.54) is 18.2 Å². The van der Waals surface area contributed by atoms with Gasteiger partial charge in [0, 0.05) is 11.1 Å². The second kappa shape index (κ2) is 5.14. The summed E-state index contributed by atoms with van der Waals surface area (Å²) in [6, 6.07) is 13.0. The maximum absolute atomic E-state index is 11.9. The first kappa shape index (κ1) is 11.9. The molecule has 0 saturated carbocycles. The molecule has 0 spiro atoms. The lowest BCUT2D eigenvalue weighted by molar-refractivity contribution is 0.102. The fraction of sp³-hybridized carbons (Fsp3) is 0. The molecular weight excluding hydrogens is 230 g/mol. The van der Waals surface area contributed by atoms with Crippen molar-refractivity contribution in [1.29, 1.82) is 0 Å². The van der Waals surface area contributed by atoms with Gasteiger partial charge >= 0.3 is 0 Å². The molecule has 4 heteroatoms. The van der Waals surface area contributed by atoms with Crippen LogP contribution < -0.4 is 5.32 Å². The smallest absolute Gasteiger partial charge is 0.255 e. The number of phenolic OH excluding ortho intramolecular Hbond substituents is 1. The lowest BCUT2D eigenvalue weighted by Gasteiger charge is -2.09. The Hall–Kier alpha value is -2.62. The Balaban J connectivity index is 2.30. The van der Waals surface area contributed by atoms with E-state index in [-0.39, 0.29) is 22.9 Å². The van der Waals surface area contributed by atoms with Crippen molar-refractivity contribution in [2.45, 2.75) is 0 Å². The molecule has 0 aliphatic carbocycles. The van der Waals surface area contributed by atoms with Gasteiger partial charge in [0.05, 0.1) is 5.69 Å². The number of hydrogen-bond acceptors (Lipinski definition) is 3. The van der Waals surface area contributed by atoms with Gasteiger partial charge in [-0.05, 0) is 24.3 Å². The third kappa shape index (κ3) is 2.38. The number of anilines is 1. The van der Waals surface area contributed by atoms with Crippen molar-refractivity contribution in [3.05, 3.63) is 59.7 Å². The standard InChI is InChI=1S/C14H11NO3/c16-9-11-7-4-8-12(17)13(11)15-14(18)10-5-2-1-3-6-10/h1-9,17H,(H,15,18). The van der Waals surface area contributed by atoms with Gasteiger partial charge in [0.2, 0.25) is 0 Å². The van der Waals surface area contributed by atoms with Crippen LogP contribution in [0.2, 0.25) is 0 Å². The molecule has 0 aromatic heterocycles. The Morgan fingerprint density at radius 1 is 1.06 bits per heavy atom. The average Bonchev–Trinajstić information content (AvgIpc) is 2.42. The summed E-state index contributed by atoms with van der Waals surface area (Å²) in [5, 5.41) is 12.2. The zero-order chi connectivity index (χ0) is 13.0. The molecule has 1 amide bonds. The van der Waals surface area contributed by atoms with E-state index < -0.39 is 0 Å². The topological polar surface area (TPSA) is 66.4 Å². The number of aromatic hydroxyl groups is 1. The van der Waals surface area contributed by atoms with Crippen molar-refractivity contribution in [2.24, 2.45) is 0 Å². The van der Waals surface area contributed by atoms with Crippen molar-refractivity contribution < 1.29 is 14.7 Å². The number of carbonyl (C=O) groups is 2. The van der Waals surface area contributed by atoms with Crippen LogP contribution in [0.25, 0.3) is 0 Å². The number of hydrogen-bond donors (Lipinski definition) is 2. The second-order valence-electron chi connectivity index (χ2n) is 3.68. The maximum Gasteiger partial charge on any atom is 0.255 e. The zero-order valence-corrected chi connectivity index (χ0v) is 9.46. The van der Waals surface area contributed by atoms with Gasteiger partial charge in [-0.2, -0.15) is 0 Å². The lowest BCUT2D eigenvalue weighted by atomic mass is 10.1. The second-order valence-corrected chi connectivity index (χ2v) is 3.68. The van der Waals surface area contributed by atoms with E-state index in [9.17, 15) is 14.7 Å². The van der Waals surface area contributed by atoms with Crippen LogP contribution in [-0.2, 0) is 0 Å². The number of rotatable bonds is 3. The minimum Gasteiger partial charge on any atom is -0.506 e. The maximum atomic E-state index is 11.9. The third-order valence-corrected chi connectivity index (χ3v) is 2.48. The molecule has 0 saturated heterocycles. The van der Waals surface area contributed by atoms with Crippen LogP contribution in [0.5, 0.6) is 5.75 Å². The lowest BCUT2D eigenvalue weighted by Crippen LogP contribution is -2.13. The van der Waals surface area contributed by atoms with Crippen LogP contribution in [0.15, 0.2) is 48.5 Å². The summed E-state index contributed by atoms with van der Waals surface area (Å²) in [6.45, 7) is 0. The summed E-state index contributed by atoms with van der Waals surface area (Å²) in [5.74, 6) is -0.510. The van der Waals surface area contributed by atoms with Crippen molar-refractivity contribution >= 4 is 17.9 Å². The van der Waals surface area contributed by atoms with Crippen molar-refractivity contribution in [2.75, 3.05) is 5.32 Å². The molecule has 0 atom stereocenters. The Morgan fingerprint density at radius 2 is 1.78 bits per heavy atom. The minimum absolute atomic E-state index is 0.126. The first-order valence-electron chi connectivity index (χ1n) is 5.36. The number of para-hydroxylation sites is 1. The quantitative estimate of drug-likeness (QED) is 0.640. The Morgan fingerprint density at radius 3 is 2.44 bits per heavy atom. The molecule has 2 N–H and O–H groups in total. The summed E-state index contributed by atoms with van der Waals surface area (Å²) in [7, 11) is 0. The van der Waals surface area contributed by atoms with E-state index in [1.807, 2.05) is 0 Å². The minimum atomic E-state index is -0.375. The SMILES string of the molecule is O=Cc1cccc(O)c1NC(=O)c1ccccc1. The van der Waals surface area contributed by atoms with Gasteiger partial charge in [-0.25, -0.2) is 0 Å². The zero-order valence-electron chi connectivity index (χ0n) is 9.46. The van der Waals surface area contributed by atoms with Gasteiger partial charge in [-0.3, -0.25) is 9.59 Å². The molecule has 0 bridgehead atoms. The molecule has 2 aromatic carbocycles. The van der Waals surface area contributed by atoms with Gasteiger partial charge < -0.3 is 10.4 Å². The first-order valence-corrected chi connectivity index (χ1v) is 5.36. The summed E-state index contributed by atoms with van der Waals surface area (Å²) in [4.78, 5) is 22.7. The van der Waals surface area contributed by atoms with E-state index in [1.54, 1.807) is 30.3 Å². The Labute approximate surface area is 104 Å². The average molecular weight is 241 g/mol. The van der Waals surface area contributed by atoms with Gasteiger partial charge in [-0.15, -0.1) is 0 Å². The van der Waals surface area contributed by atoms with Crippen LogP contribution in [-0.4, -0.2) is 17.3 Å². The number of phenols is 1. The fourth-order valence-corrected chi connectivity index (χ4v) is 1.57. The number of aldehydes is 1. The normalized spacial score (nSPS) is 9.78. The fourth-order valence-electron chi connectivity index (χ4n) is 1.57. The molecule has 0 aliphatic rings. The number of amides is 1. The molecule has 0 fully saturated rings. The first-order chi connectivity index (χ1) is 8.72. The molecule has 0 aliphatic heterocycles. The van der Waals surface area contributed by atoms with Crippen LogP contribution in [0, 0.1) is 0 Å². The van der Waals surface area contributed by atoms with E-state index in [2.05, 4.69) is 5.32 Å². The molecule has 2 aromatic rings. The highest BCUT2D eigenvalue weighted by atomic mass is 16.3. The monoisotopic (exact) mass is 241 g/mol. The van der Waals surface area contributed by atoms with E-state index in [4.69, 9.17) is 0 Å². The summed E-state index contributed by atoms with van der Waals surface area (Å²) < 4.78 is 0. The van der Waals surface area contributed by atoms with E-state index >= 15 is 0 Å². The summed E-state index contributed by atoms with van der Waals surface area (Å²) >= 11 is 0. The molecule has 0 radical (unpaired) electrons. The predicted molar refractivity (Wildman–Crippen MR) is 67.9 cm³/mol. The highest BCUT2D eigenvalue weighted by molar-refractivity contribution is 6.07. The highest BCUT2D eigenvalue weighted by Crippen LogP contribution is 2.26. The molecule has 4 nitrogen and oxygen atoms in total. The number of carbonyl (C=O) groups excluding carboxylic acids is 2. The van der Waals surface area contributed by atoms with Crippen LogP contribution in [0.3, 0.4) is 0 Å². The van der Waals surface area contributed by atoms with Crippen LogP contribution in [0.1, 0.15) is 20.7 Å². The van der Waals surface area contributed by atoms with Crippen molar-refractivity contribution in [3.63, 3.8) is 0 Å². The third-order valence-electron chi connectivity index (χ3n) is 2.48. The van der Waals surface area contributed by atoms with Crippen LogP contribution >= 0.6 is 0 Å². The molecule has 0 unspecified atom stereocenters. The summed E-state index contributed by atoms with van der Waals surface area (Å²) in [5.41, 5.74) is 0.818. The Bertz CT molecular complexity index is 579. The van der Waals surface area contributed by atoms with Gasteiger partial charge in [0.25, 0.3) is 5.91 Å². The van der Waals surface area contributed by atoms with Crippen molar-refractivity contribution in [1.82, 2.24) is 0 Å². The molecule has 2 rings (SSSR count). The van der Waals surface area contributed by atoms with Gasteiger partial charge in [0.15, 0.2) is 6.29 Å². The van der Waals surface area contributed by atoms with Gasteiger partial charge in [0.1, 0.15) is 5.75 Å². The largest absolute Gasteiger partial charge is 0.506 e. The highest BCUT2D eigenvalue weighted by Gasteiger charge is 2.11. The number of benzene rings is 2. The molecular formula is C14H11NO3. The van der Waals surface area contributed by atoms with Crippen molar-refractivity contribution in [3.8, 4) is 5.75 Å². The van der Waals surface area contributed by atoms with Crippen LogP contribution in [0.4, 0.5) is 5.69 Å². The predicted octanol–water partition coefficient (Wildman–Crippen LogP) is 2.46. The van der Waals surface area contributed by atoms with Gasteiger partial charge in [-0.1, -0.05) is 24.3 Å². The molecule has 90 valence electrons. The van der Waals surface area contributed by atoms with E-state index in [0.717, 1.165) is 0 Å². The molecule has 0 heterocycles. The Kier molecular flexibility index (Phi) is 3.38. The van der Waals surface area contributed by atoms with E-state index in [0.29, 0.717) is 11.8 Å². The molecule has 18 heavy (non-hydrogen) atoms.